The standard InChI is InChI=1S/C20H22FN3OS2/c1-11-12(2)26-19-17(11)20(24-14(4)23-19)27-13(3)18(25)22-10-9-15-5-7-16(21)8-6-15/h5-8,13H,9-10H2,1-4H3,(H,22,25)/t13-/m0/s1. The number of fused-ring (bicyclic) bond motifs is 1. The average Bonchev–Trinajstić information content (AvgIpc) is 2.90. The van der Waals surface area contributed by atoms with Gasteiger partial charge in [-0.2, -0.15) is 0 Å². The number of carbonyl (C=O) groups excluding carboxylic acids is 1. The molecule has 2 aromatic heterocycles. The summed E-state index contributed by atoms with van der Waals surface area (Å²) >= 11 is 3.13. The molecule has 0 saturated carbocycles. The molecule has 0 aliphatic carbocycles. The van der Waals surface area contributed by atoms with Crippen molar-refractivity contribution in [1.29, 1.82) is 0 Å². The van der Waals surface area contributed by atoms with Crippen LogP contribution in [0, 0.1) is 26.6 Å². The van der Waals surface area contributed by atoms with Crippen LogP contribution in [-0.4, -0.2) is 27.7 Å². The van der Waals surface area contributed by atoms with Crippen LogP contribution in [0.3, 0.4) is 0 Å². The molecule has 0 saturated heterocycles. The van der Waals surface area contributed by atoms with Crippen molar-refractivity contribution >= 4 is 39.2 Å². The molecule has 1 atom stereocenters. The number of benzene rings is 1. The lowest BCUT2D eigenvalue weighted by Gasteiger charge is -2.13. The van der Waals surface area contributed by atoms with Crippen molar-refractivity contribution in [2.45, 2.75) is 44.4 Å². The molecule has 0 fully saturated rings. The molecule has 1 aromatic carbocycles. The fourth-order valence-corrected chi connectivity index (χ4v) is 4.96. The van der Waals surface area contributed by atoms with Gasteiger partial charge in [-0.25, -0.2) is 14.4 Å². The van der Waals surface area contributed by atoms with Gasteiger partial charge in [-0.3, -0.25) is 4.79 Å². The van der Waals surface area contributed by atoms with Crippen LogP contribution in [0.15, 0.2) is 29.3 Å². The van der Waals surface area contributed by atoms with Gasteiger partial charge in [0.25, 0.3) is 0 Å². The first-order chi connectivity index (χ1) is 12.8. The van der Waals surface area contributed by atoms with Gasteiger partial charge >= 0.3 is 0 Å². The van der Waals surface area contributed by atoms with Crippen LogP contribution >= 0.6 is 23.1 Å². The summed E-state index contributed by atoms with van der Waals surface area (Å²) in [5.41, 5.74) is 2.18. The quantitative estimate of drug-likeness (QED) is 0.483. The van der Waals surface area contributed by atoms with Gasteiger partial charge in [0.05, 0.1) is 5.25 Å². The maximum absolute atomic E-state index is 12.9. The molecule has 7 heteroatoms. The maximum Gasteiger partial charge on any atom is 0.233 e. The Morgan fingerprint density at radius 1 is 1.22 bits per heavy atom. The molecule has 3 aromatic rings. The lowest BCUT2D eigenvalue weighted by atomic mass is 10.1. The second-order valence-corrected chi connectivity index (χ2v) is 9.00. The number of amides is 1. The first-order valence-electron chi connectivity index (χ1n) is 8.78. The number of carbonyl (C=O) groups is 1. The van der Waals surface area contributed by atoms with E-state index in [2.05, 4.69) is 29.1 Å². The van der Waals surface area contributed by atoms with Gasteiger partial charge in [-0.05, 0) is 57.4 Å². The summed E-state index contributed by atoms with van der Waals surface area (Å²) in [7, 11) is 0. The van der Waals surface area contributed by atoms with Gasteiger partial charge < -0.3 is 5.32 Å². The summed E-state index contributed by atoms with van der Waals surface area (Å²) in [6.45, 7) is 8.43. The van der Waals surface area contributed by atoms with Crippen molar-refractivity contribution in [3.63, 3.8) is 0 Å². The Balaban J connectivity index is 1.64. The monoisotopic (exact) mass is 403 g/mol. The molecule has 1 N–H and O–H groups in total. The summed E-state index contributed by atoms with van der Waals surface area (Å²) in [5, 5.41) is 4.60. The third-order valence-electron chi connectivity index (χ3n) is 4.39. The van der Waals surface area contributed by atoms with Gasteiger partial charge in [-0.1, -0.05) is 23.9 Å². The van der Waals surface area contributed by atoms with Crippen molar-refractivity contribution in [2.75, 3.05) is 6.54 Å². The summed E-state index contributed by atoms with van der Waals surface area (Å²) in [5.74, 6) is 0.435. The number of aryl methyl sites for hydroxylation is 3. The number of thioether (sulfide) groups is 1. The molecule has 0 aliphatic heterocycles. The predicted molar refractivity (Wildman–Crippen MR) is 110 cm³/mol. The largest absolute Gasteiger partial charge is 0.355 e. The first-order valence-corrected chi connectivity index (χ1v) is 10.5. The third-order valence-corrected chi connectivity index (χ3v) is 6.58. The minimum atomic E-state index is -0.268. The Hall–Kier alpha value is -1.99. The number of aromatic nitrogens is 2. The van der Waals surface area contributed by atoms with E-state index in [1.54, 1.807) is 23.5 Å². The fraction of sp³-hybridized carbons (Fsp3) is 0.350. The van der Waals surface area contributed by atoms with Crippen molar-refractivity contribution in [2.24, 2.45) is 0 Å². The van der Waals surface area contributed by atoms with E-state index < -0.39 is 0 Å². The van der Waals surface area contributed by atoms with Crippen LogP contribution in [0.1, 0.15) is 28.8 Å². The summed E-state index contributed by atoms with van der Waals surface area (Å²) in [6.07, 6.45) is 0.670. The fourth-order valence-electron chi connectivity index (χ4n) is 2.75. The predicted octanol–water partition coefficient (Wildman–Crippen LogP) is 4.60. The van der Waals surface area contributed by atoms with Crippen molar-refractivity contribution < 1.29 is 9.18 Å². The van der Waals surface area contributed by atoms with E-state index in [4.69, 9.17) is 0 Å². The molecular formula is C20H22FN3OS2. The Morgan fingerprint density at radius 3 is 2.63 bits per heavy atom. The normalized spacial score (nSPS) is 12.3. The number of nitrogens with one attached hydrogen (secondary N) is 1. The summed E-state index contributed by atoms with van der Waals surface area (Å²) in [4.78, 5) is 23.8. The highest BCUT2D eigenvalue weighted by Crippen LogP contribution is 2.36. The highest BCUT2D eigenvalue weighted by molar-refractivity contribution is 8.00. The topological polar surface area (TPSA) is 54.9 Å². The van der Waals surface area contributed by atoms with E-state index in [0.717, 1.165) is 26.6 Å². The van der Waals surface area contributed by atoms with Gasteiger partial charge in [-0.15, -0.1) is 11.3 Å². The second-order valence-electron chi connectivity index (χ2n) is 6.47. The van der Waals surface area contributed by atoms with E-state index in [9.17, 15) is 9.18 Å². The molecule has 0 bridgehead atoms. The Labute approximate surface area is 166 Å². The lowest BCUT2D eigenvalue weighted by molar-refractivity contribution is -0.120. The molecule has 3 rings (SSSR count). The van der Waals surface area contributed by atoms with E-state index >= 15 is 0 Å². The highest BCUT2D eigenvalue weighted by Gasteiger charge is 2.20. The van der Waals surface area contributed by atoms with Crippen molar-refractivity contribution in [3.8, 4) is 0 Å². The number of halogens is 1. The van der Waals surface area contributed by atoms with Crippen LogP contribution in [0.25, 0.3) is 10.2 Å². The molecular weight excluding hydrogens is 381 g/mol. The Bertz CT molecular complexity index is 970. The SMILES string of the molecule is Cc1nc(S[C@@H](C)C(=O)NCCc2ccc(F)cc2)c2c(C)c(C)sc2n1. The van der Waals surface area contributed by atoms with E-state index in [-0.39, 0.29) is 17.0 Å². The number of rotatable bonds is 6. The molecule has 4 nitrogen and oxygen atoms in total. The van der Waals surface area contributed by atoms with Crippen molar-refractivity contribution in [1.82, 2.24) is 15.3 Å². The number of nitrogens with zero attached hydrogens (tertiary/aromatic N) is 2. The van der Waals surface area contributed by atoms with Gasteiger partial charge in [0.15, 0.2) is 0 Å². The Kier molecular flexibility index (Phi) is 6.11. The van der Waals surface area contributed by atoms with E-state index in [0.29, 0.717) is 13.0 Å². The van der Waals surface area contributed by atoms with Crippen LogP contribution in [-0.2, 0) is 11.2 Å². The molecule has 2 heterocycles. The minimum Gasteiger partial charge on any atom is -0.355 e. The zero-order valence-electron chi connectivity index (χ0n) is 15.8. The van der Waals surface area contributed by atoms with Crippen molar-refractivity contribution in [3.05, 3.63) is 51.9 Å². The van der Waals surface area contributed by atoms with E-state index in [1.807, 2.05) is 13.8 Å². The molecule has 27 heavy (non-hydrogen) atoms. The maximum atomic E-state index is 12.9. The highest BCUT2D eigenvalue weighted by atomic mass is 32.2. The van der Waals surface area contributed by atoms with Gasteiger partial charge in [0.1, 0.15) is 21.5 Å². The first kappa shape index (κ1) is 19.8. The number of hydrogen-bond acceptors (Lipinski definition) is 5. The Morgan fingerprint density at radius 2 is 1.93 bits per heavy atom. The molecule has 142 valence electrons. The van der Waals surface area contributed by atoms with Crippen LogP contribution in [0.4, 0.5) is 4.39 Å². The molecule has 0 aliphatic rings. The van der Waals surface area contributed by atoms with E-state index in [1.165, 1.54) is 34.3 Å². The summed E-state index contributed by atoms with van der Waals surface area (Å²) in [6, 6.07) is 6.34. The third kappa shape index (κ3) is 4.65. The van der Waals surface area contributed by atoms with Gasteiger partial charge in [0.2, 0.25) is 5.91 Å². The lowest BCUT2D eigenvalue weighted by Crippen LogP contribution is -2.32. The zero-order chi connectivity index (χ0) is 19.6. The second kappa shape index (κ2) is 8.35. The molecule has 0 spiro atoms. The molecule has 1 amide bonds. The average molecular weight is 404 g/mol. The minimum absolute atomic E-state index is 0.0314. The zero-order valence-corrected chi connectivity index (χ0v) is 17.4. The van der Waals surface area contributed by atoms with Crippen LogP contribution in [0.5, 0.6) is 0 Å². The molecule has 0 unspecified atom stereocenters. The van der Waals surface area contributed by atoms with Crippen LogP contribution in [0.2, 0.25) is 0 Å². The van der Waals surface area contributed by atoms with Crippen LogP contribution < -0.4 is 5.32 Å². The van der Waals surface area contributed by atoms with Gasteiger partial charge in [0, 0.05) is 16.8 Å². The smallest absolute Gasteiger partial charge is 0.233 e. The number of thiophene rings is 1. The molecule has 0 radical (unpaired) electrons. The summed E-state index contributed by atoms with van der Waals surface area (Å²) < 4.78 is 12.9. The number of hydrogen-bond donors (Lipinski definition) is 1.